The predicted octanol–water partition coefficient (Wildman–Crippen LogP) is 5.70. The van der Waals surface area contributed by atoms with Crippen LogP contribution in [0.15, 0.2) is 29.6 Å². The summed E-state index contributed by atoms with van der Waals surface area (Å²) in [6, 6.07) is 7.89. The Morgan fingerprint density at radius 1 is 1.25 bits per heavy atom. The van der Waals surface area contributed by atoms with Gasteiger partial charge in [0.25, 0.3) is 0 Å². The van der Waals surface area contributed by atoms with Gasteiger partial charge < -0.3 is 15.4 Å². The Hall–Kier alpha value is -2.45. The number of rotatable bonds is 8. The lowest BCUT2D eigenvalue weighted by Crippen LogP contribution is -2.08. The number of carbonyl (C=O) groups excluding carboxylic acids is 1. The van der Waals surface area contributed by atoms with Crippen LogP contribution in [0, 0.1) is 12.8 Å². The molecule has 148 valence electrons. The molecule has 0 saturated heterocycles. The van der Waals surface area contributed by atoms with Crippen molar-refractivity contribution in [3.05, 3.63) is 35.3 Å². The minimum Gasteiger partial charge on any atom is -0.491 e. The van der Waals surface area contributed by atoms with E-state index in [-0.39, 0.29) is 5.91 Å². The summed E-state index contributed by atoms with van der Waals surface area (Å²) >= 11 is 2.95. The molecule has 3 rings (SSSR count). The maximum Gasteiger partial charge on any atom is 0.223 e. The van der Waals surface area contributed by atoms with Crippen LogP contribution in [0.4, 0.5) is 16.0 Å². The molecule has 8 heteroatoms. The Kier molecular flexibility index (Phi) is 6.64. The monoisotopic (exact) mass is 416 g/mol. The van der Waals surface area contributed by atoms with Gasteiger partial charge in [-0.25, -0.2) is 9.97 Å². The van der Waals surface area contributed by atoms with E-state index in [1.807, 2.05) is 36.6 Å². The second kappa shape index (κ2) is 9.16. The number of hydrogen-bond acceptors (Lipinski definition) is 7. The van der Waals surface area contributed by atoms with E-state index >= 15 is 0 Å². The summed E-state index contributed by atoms with van der Waals surface area (Å²) in [5.74, 6) is 1.20. The van der Waals surface area contributed by atoms with Gasteiger partial charge in [0.1, 0.15) is 5.75 Å². The molecule has 0 aliphatic carbocycles. The van der Waals surface area contributed by atoms with Crippen molar-refractivity contribution < 1.29 is 9.53 Å². The van der Waals surface area contributed by atoms with Crippen molar-refractivity contribution >= 4 is 44.5 Å². The number of thiazole rings is 2. The van der Waals surface area contributed by atoms with Gasteiger partial charge in [0.05, 0.1) is 28.6 Å². The number of aryl methyl sites for hydroxylation is 1. The molecule has 2 aromatic heterocycles. The highest BCUT2D eigenvalue weighted by atomic mass is 32.1. The van der Waals surface area contributed by atoms with Crippen LogP contribution in [0.5, 0.6) is 5.75 Å². The van der Waals surface area contributed by atoms with Crippen molar-refractivity contribution in [1.82, 2.24) is 9.97 Å². The zero-order chi connectivity index (χ0) is 20.1. The number of ether oxygens (including phenoxy) is 1. The maximum atomic E-state index is 11.2. The average molecular weight is 417 g/mol. The largest absolute Gasteiger partial charge is 0.491 e. The van der Waals surface area contributed by atoms with Crippen molar-refractivity contribution in [2.75, 3.05) is 17.2 Å². The zero-order valence-electron chi connectivity index (χ0n) is 16.4. The molecule has 2 heterocycles. The second-order valence-corrected chi connectivity index (χ2v) is 8.46. The zero-order valence-corrected chi connectivity index (χ0v) is 18.0. The van der Waals surface area contributed by atoms with E-state index in [1.54, 1.807) is 0 Å². The summed E-state index contributed by atoms with van der Waals surface area (Å²) in [5, 5.41) is 9.45. The molecular formula is C20H24N4O2S2. The molecule has 0 radical (unpaired) electrons. The van der Waals surface area contributed by atoms with Crippen LogP contribution in [0.25, 0.3) is 10.6 Å². The first-order valence-corrected chi connectivity index (χ1v) is 10.9. The number of hydrogen-bond donors (Lipinski definition) is 2. The highest BCUT2D eigenvalue weighted by Gasteiger charge is 2.15. The first kappa shape index (κ1) is 20.3. The number of para-hydroxylation sites is 2. The molecule has 3 aromatic rings. The van der Waals surface area contributed by atoms with Gasteiger partial charge in [-0.1, -0.05) is 43.7 Å². The molecule has 1 atom stereocenters. The van der Waals surface area contributed by atoms with Gasteiger partial charge in [-0.2, -0.15) is 0 Å². The number of nitrogens with zero attached hydrogens (tertiary/aromatic N) is 2. The Labute approximate surface area is 173 Å². The maximum absolute atomic E-state index is 11.2. The van der Waals surface area contributed by atoms with Crippen molar-refractivity contribution in [2.24, 2.45) is 5.92 Å². The molecule has 0 aliphatic rings. The molecule has 0 saturated carbocycles. The van der Waals surface area contributed by atoms with Crippen LogP contribution in [-0.4, -0.2) is 22.5 Å². The fourth-order valence-corrected chi connectivity index (χ4v) is 4.20. The number of benzene rings is 1. The van der Waals surface area contributed by atoms with E-state index < -0.39 is 0 Å². The van der Waals surface area contributed by atoms with Crippen LogP contribution in [-0.2, 0) is 4.79 Å². The number of aromatic nitrogens is 2. The van der Waals surface area contributed by atoms with Gasteiger partial charge in [0, 0.05) is 12.3 Å². The topological polar surface area (TPSA) is 76.1 Å². The third kappa shape index (κ3) is 5.08. The van der Waals surface area contributed by atoms with E-state index in [4.69, 9.17) is 9.72 Å². The van der Waals surface area contributed by atoms with E-state index in [9.17, 15) is 4.79 Å². The van der Waals surface area contributed by atoms with Gasteiger partial charge in [-0.15, -0.1) is 11.3 Å². The summed E-state index contributed by atoms with van der Waals surface area (Å²) in [5.41, 5.74) is 2.59. The lowest BCUT2D eigenvalue weighted by Gasteiger charge is -2.14. The van der Waals surface area contributed by atoms with E-state index in [1.165, 1.54) is 29.6 Å². The molecule has 0 fully saturated rings. The fourth-order valence-electron chi connectivity index (χ4n) is 2.43. The summed E-state index contributed by atoms with van der Waals surface area (Å²) in [7, 11) is 0. The lowest BCUT2D eigenvalue weighted by molar-refractivity contribution is -0.114. The normalized spacial score (nSPS) is 11.9. The molecule has 2 N–H and O–H groups in total. The second-order valence-electron chi connectivity index (χ2n) is 6.60. The Morgan fingerprint density at radius 3 is 2.79 bits per heavy atom. The minimum atomic E-state index is -0.130. The summed E-state index contributed by atoms with van der Waals surface area (Å²) < 4.78 is 5.98. The SMILES string of the molecule is CCC(C)COc1ccccc1Nc1nc(-c2sc(NC(C)=O)nc2C)cs1. The third-order valence-corrected chi connectivity index (χ3v) is 6.02. The first-order chi connectivity index (χ1) is 13.5. The summed E-state index contributed by atoms with van der Waals surface area (Å²) in [6.07, 6.45) is 1.08. The average Bonchev–Trinajstić information content (AvgIpc) is 3.26. The van der Waals surface area contributed by atoms with E-state index in [0.29, 0.717) is 17.7 Å². The van der Waals surface area contributed by atoms with Crippen molar-refractivity contribution in [2.45, 2.75) is 34.1 Å². The molecular weight excluding hydrogens is 392 g/mol. The quantitative estimate of drug-likeness (QED) is 0.492. The van der Waals surface area contributed by atoms with Gasteiger partial charge in [-0.3, -0.25) is 4.79 Å². The molecule has 0 spiro atoms. The van der Waals surface area contributed by atoms with Gasteiger partial charge >= 0.3 is 0 Å². The number of anilines is 3. The van der Waals surface area contributed by atoms with E-state index in [2.05, 4.69) is 29.5 Å². The highest BCUT2D eigenvalue weighted by Crippen LogP contribution is 2.36. The molecule has 1 amide bonds. The van der Waals surface area contributed by atoms with Gasteiger partial charge in [0.2, 0.25) is 5.91 Å². The molecule has 0 aliphatic heterocycles. The van der Waals surface area contributed by atoms with Crippen LogP contribution >= 0.6 is 22.7 Å². The fraction of sp³-hybridized carbons (Fsp3) is 0.350. The highest BCUT2D eigenvalue weighted by molar-refractivity contribution is 7.20. The minimum absolute atomic E-state index is 0.130. The predicted molar refractivity (Wildman–Crippen MR) is 117 cm³/mol. The first-order valence-electron chi connectivity index (χ1n) is 9.16. The summed E-state index contributed by atoms with van der Waals surface area (Å²) in [4.78, 5) is 21.3. The Morgan fingerprint density at radius 2 is 2.04 bits per heavy atom. The smallest absolute Gasteiger partial charge is 0.223 e. The Bertz CT molecular complexity index is 951. The number of nitrogens with one attached hydrogen (secondary N) is 2. The van der Waals surface area contributed by atoms with Crippen molar-refractivity contribution in [3.63, 3.8) is 0 Å². The van der Waals surface area contributed by atoms with Gasteiger partial charge in [0.15, 0.2) is 10.3 Å². The molecule has 6 nitrogen and oxygen atoms in total. The van der Waals surface area contributed by atoms with Crippen molar-refractivity contribution in [3.8, 4) is 16.3 Å². The van der Waals surface area contributed by atoms with Crippen LogP contribution < -0.4 is 15.4 Å². The molecule has 1 aromatic carbocycles. The van der Waals surface area contributed by atoms with Crippen LogP contribution in [0.2, 0.25) is 0 Å². The van der Waals surface area contributed by atoms with Gasteiger partial charge in [-0.05, 0) is 25.0 Å². The third-order valence-electron chi connectivity index (χ3n) is 4.17. The lowest BCUT2D eigenvalue weighted by atomic mass is 10.1. The standard InChI is InChI=1S/C20H24N4O2S2/c1-5-12(2)10-26-17-9-7-6-8-15(17)23-19-24-16(11-27-19)18-13(3)21-20(28-18)22-14(4)25/h6-9,11-12H,5,10H2,1-4H3,(H,23,24)(H,21,22,25). The summed E-state index contributed by atoms with van der Waals surface area (Å²) in [6.45, 7) is 8.41. The van der Waals surface area contributed by atoms with Crippen molar-refractivity contribution in [1.29, 1.82) is 0 Å². The molecule has 1 unspecified atom stereocenters. The Balaban J connectivity index is 1.75. The van der Waals surface area contributed by atoms with E-state index in [0.717, 1.165) is 39.3 Å². The molecule has 0 bridgehead atoms. The van der Waals surface area contributed by atoms with Crippen LogP contribution in [0.1, 0.15) is 32.9 Å². The van der Waals surface area contributed by atoms with Crippen LogP contribution in [0.3, 0.4) is 0 Å². The molecule has 28 heavy (non-hydrogen) atoms. The number of carbonyl (C=O) groups is 1. The number of amides is 1.